The van der Waals surface area contributed by atoms with Crippen LogP contribution < -0.4 is 10.9 Å². The van der Waals surface area contributed by atoms with E-state index in [0.29, 0.717) is 4.90 Å². The molecule has 0 radical (unpaired) electrons. The lowest BCUT2D eigenvalue weighted by molar-refractivity contribution is 0.602. The summed E-state index contributed by atoms with van der Waals surface area (Å²) in [6, 6.07) is 6.53. The zero-order chi connectivity index (χ0) is 9.90. The number of hydrazine groups is 1. The smallest absolute Gasteiger partial charge is 0.175 e. The van der Waals surface area contributed by atoms with Gasteiger partial charge in [0.05, 0.1) is 4.90 Å². The van der Waals surface area contributed by atoms with Crippen LogP contribution in [0.5, 0.6) is 0 Å². The SMILES string of the molecule is CNNc1ccc(S(C)(=O)=O)cc1.Cl. The molecule has 1 aromatic carbocycles. The molecule has 4 nitrogen and oxygen atoms in total. The van der Waals surface area contributed by atoms with Crippen LogP contribution in [0.25, 0.3) is 0 Å². The third-order valence-electron chi connectivity index (χ3n) is 1.55. The lowest BCUT2D eigenvalue weighted by Crippen LogP contribution is -2.14. The minimum Gasteiger partial charge on any atom is -0.322 e. The number of hydrogen-bond acceptors (Lipinski definition) is 4. The molecule has 0 saturated carbocycles. The average molecular weight is 237 g/mol. The van der Waals surface area contributed by atoms with Gasteiger partial charge in [-0.25, -0.2) is 13.8 Å². The molecule has 0 unspecified atom stereocenters. The summed E-state index contributed by atoms with van der Waals surface area (Å²) in [4.78, 5) is 0.328. The molecule has 0 saturated heterocycles. The van der Waals surface area contributed by atoms with Crippen LogP contribution in [0.3, 0.4) is 0 Å². The van der Waals surface area contributed by atoms with Crippen LogP contribution in [0, 0.1) is 0 Å². The second kappa shape index (κ2) is 5.19. The molecule has 0 spiro atoms. The Morgan fingerprint density at radius 2 is 1.64 bits per heavy atom. The highest BCUT2D eigenvalue weighted by Crippen LogP contribution is 2.12. The van der Waals surface area contributed by atoms with Crippen molar-refractivity contribution in [2.24, 2.45) is 0 Å². The quantitative estimate of drug-likeness (QED) is 0.771. The van der Waals surface area contributed by atoms with Gasteiger partial charge in [-0.2, -0.15) is 0 Å². The molecule has 1 aromatic rings. The second-order valence-electron chi connectivity index (χ2n) is 2.67. The number of sulfone groups is 1. The maximum Gasteiger partial charge on any atom is 0.175 e. The van der Waals surface area contributed by atoms with Crippen LogP contribution in [0.2, 0.25) is 0 Å². The van der Waals surface area contributed by atoms with Gasteiger partial charge in [-0.15, -0.1) is 12.4 Å². The lowest BCUT2D eigenvalue weighted by atomic mass is 10.3. The van der Waals surface area contributed by atoms with Crippen LogP contribution in [-0.2, 0) is 9.84 Å². The molecule has 1 rings (SSSR count). The Kier molecular flexibility index (Phi) is 4.90. The van der Waals surface area contributed by atoms with Crippen molar-refractivity contribution in [3.05, 3.63) is 24.3 Å². The highest BCUT2D eigenvalue weighted by atomic mass is 35.5. The number of halogens is 1. The molecular formula is C8H13ClN2O2S. The van der Waals surface area contributed by atoms with E-state index < -0.39 is 9.84 Å². The second-order valence-corrected chi connectivity index (χ2v) is 4.69. The average Bonchev–Trinajstić information content (AvgIpc) is 2.04. The Hall–Kier alpha value is -0.780. The van der Waals surface area contributed by atoms with Gasteiger partial charge in [0.2, 0.25) is 0 Å². The van der Waals surface area contributed by atoms with Gasteiger partial charge in [0.25, 0.3) is 0 Å². The number of nitrogens with one attached hydrogen (secondary N) is 2. The van der Waals surface area contributed by atoms with Gasteiger partial charge in [-0.05, 0) is 24.3 Å². The fraction of sp³-hybridized carbons (Fsp3) is 0.250. The van der Waals surface area contributed by atoms with Crippen molar-refractivity contribution in [1.29, 1.82) is 0 Å². The molecule has 0 heterocycles. The number of hydrogen-bond donors (Lipinski definition) is 2. The fourth-order valence-corrected chi connectivity index (χ4v) is 1.56. The van der Waals surface area contributed by atoms with E-state index in [1.165, 1.54) is 6.26 Å². The molecule has 14 heavy (non-hydrogen) atoms. The number of anilines is 1. The van der Waals surface area contributed by atoms with E-state index in [4.69, 9.17) is 0 Å². The van der Waals surface area contributed by atoms with Crippen molar-refractivity contribution in [3.63, 3.8) is 0 Å². The van der Waals surface area contributed by atoms with Crippen LogP contribution in [-0.4, -0.2) is 21.7 Å². The van der Waals surface area contributed by atoms with Gasteiger partial charge in [0.1, 0.15) is 0 Å². The monoisotopic (exact) mass is 236 g/mol. The maximum atomic E-state index is 11.1. The van der Waals surface area contributed by atoms with E-state index in [0.717, 1.165) is 5.69 Å². The Morgan fingerprint density at radius 3 is 2.00 bits per heavy atom. The summed E-state index contributed by atoms with van der Waals surface area (Å²) in [5, 5.41) is 0. The molecule has 0 amide bonds. The summed E-state index contributed by atoms with van der Waals surface area (Å²) in [7, 11) is -1.34. The minimum absolute atomic E-state index is 0. The van der Waals surface area contributed by atoms with Gasteiger partial charge in [-0.3, -0.25) is 0 Å². The summed E-state index contributed by atoms with van der Waals surface area (Å²) in [6.07, 6.45) is 1.19. The zero-order valence-electron chi connectivity index (χ0n) is 7.94. The number of benzene rings is 1. The predicted molar refractivity (Wildman–Crippen MR) is 59.5 cm³/mol. The molecule has 0 aromatic heterocycles. The molecule has 0 aliphatic rings. The first-order chi connectivity index (χ1) is 6.04. The summed E-state index contributed by atoms with van der Waals surface area (Å²) >= 11 is 0. The molecule has 6 heteroatoms. The number of rotatable bonds is 3. The molecule has 0 bridgehead atoms. The molecule has 0 aliphatic carbocycles. The maximum absolute atomic E-state index is 11.1. The van der Waals surface area contributed by atoms with E-state index >= 15 is 0 Å². The first-order valence-electron chi connectivity index (χ1n) is 3.77. The first-order valence-corrected chi connectivity index (χ1v) is 5.66. The van der Waals surface area contributed by atoms with E-state index in [1.807, 2.05) is 0 Å². The highest BCUT2D eigenvalue weighted by molar-refractivity contribution is 7.90. The van der Waals surface area contributed by atoms with Crippen LogP contribution in [0.4, 0.5) is 5.69 Å². The molecule has 0 fully saturated rings. The Balaban J connectivity index is 0.00000169. The van der Waals surface area contributed by atoms with Crippen molar-refractivity contribution in [2.45, 2.75) is 4.90 Å². The van der Waals surface area contributed by atoms with Crippen molar-refractivity contribution in [3.8, 4) is 0 Å². The molecule has 2 N–H and O–H groups in total. The van der Waals surface area contributed by atoms with Crippen LogP contribution in [0.15, 0.2) is 29.2 Å². The molecule has 0 atom stereocenters. The lowest BCUT2D eigenvalue weighted by Gasteiger charge is -2.04. The van der Waals surface area contributed by atoms with Gasteiger partial charge >= 0.3 is 0 Å². The Morgan fingerprint density at radius 1 is 1.14 bits per heavy atom. The molecule has 80 valence electrons. The van der Waals surface area contributed by atoms with Gasteiger partial charge in [0, 0.05) is 19.0 Å². The van der Waals surface area contributed by atoms with Crippen molar-refractivity contribution in [1.82, 2.24) is 5.43 Å². The normalized spacial score (nSPS) is 10.4. The summed E-state index contributed by atoms with van der Waals surface area (Å²) in [5.74, 6) is 0. The summed E-state index contributed by atoms with van der Waals surface area (Å²) < 4.78 is 22.1. The third kappa shape index (κ3) is 3.53. The standard InChI is InChI=1S/C8H12N2O2S.ClH/c1-9-10-7-3-5-8(6-4-7)13(2,11)12;/h3-6,9-10H,1-2H3;1H. The van der Waals surface area contributed by atoms with Gasteiger partial charge in [0.15, 0.2) is 9.84 Å². The van der Waals surface area contributed by atoms with E-state index in [2.05, 4.69) is 10.9 Å². The van der Waals surface area contributed by atoms with Crippen molar-refractivity contribution in [2.75, 3.05) is 18.7 Å². The minimum atomic E-state index is -3.08. The van der Waals surface area contributed by atoms with E-state index in [9.17, 15) is 8.42 Å². The van der Waals surface area contributed by atoms with Crippen molar-refractivity contribution < 1.29 is 8.42 Å². The van der Waals surface area contributed by atoms with Gasteiger partial charge in [-0.1, -0.05) is 0 Å². The van der Waals surface area contributed by atoms with Crippen LogP contribution >= 0.6 is 12.4 Å². The summed E-state index contributed by atoms with van der Waals surface area (Å²) in [5.41, 5.74) is 6.41. The molecule has 0 aliphatic heterocycles. The third-order valence-corrected chi connectivity index (χ3v) is 2.68. The topological polar surface area (TPSA) is 58.2 Å². The Labute approximate surface area is 90.0 Å². The van der Waals surface area contributed by atoms with E-state index in [1.54, 1.807) is 31.3 Å². The predicted octanol–water partition coefficient (Wildman–Crippen LogP) is 1.06. The highest BCUT2D eigenvalue weighted by Gasteiger charge is 2.05. The van der Waals surface area contributed by atoms with Crippen molar-refractivity contribution >= 4 is 27.9 Å². The first kappa shape index (κ1) is 13.2. The summed E-state index contributed by atoms with van der Waals surface area (Å²) in [6.45, 7) is 0. The molecular weight excluding hydrogens is 224 g/mol. The van der Waals surface area contributed by atoms with Gasteiger partial charge < -0.3 is 5.43 Å². The largest absolute Gasteiger partial charge is 0.322 e. The Bertz CT molecular complexity index is 375. The van der Waals surface area contributed by atoms with E-state index in [-0.39, 0.29) is 12.4 Å². The fourth-order valence-electron chi connectivity index (χ4n) is 0.930. The van der Waals surface area contributed by atoms with Crippen LogP contribution in [0.1, 0.15) is 0 Å². The zero-order valence-corrected chi connectivity index (χ0v) is 9.58.